The van der Waals surface area contributed by atoms with Gasteiger partial charge in [-0.3, -0.25) is 0 Å². The van der Waals surface area contributed by atoms with E-state index in [1.54, 1.807) is 25.7 Å². The summed E-state index contributed by atoms with van der Waals surface area (Å²) in [5.74, 6) is 3.33. The molecule has 0 amide bonds. The second-order valence-electron chi connectivity index (χ2n) is 4.33. The van der Waals surface area contributed by atoms with Crippen LogP contribution >= 0.6 is 0 Å². The number of hydrogen-bond donors (Lipinski definition) is 1. The Morgan fingerprint density at radius 3 is 2.73 bits per heavy atom. The largest absolute Gasteiger partial charge is 0.320 e. The molecule has 2 bridgehead atoms. The third-order valence-electron chi connectivity index (χ3n) is 3.65. The molecule has 64 valence electrons. The highest BCUT2D eigenvalue weighted by molar-refractivity contribution is 4.89. The first-order chi connectivity index (χ1) is 5.40. The molecule has 1 heteroatoms. The molecule has 1 nitrogen and oxygen atoms in total. The van der Waals surface area contributed by atoms with Crippen LogP contribution in [-0.4, -0.2) is 13.6 Å². The van der Waals surface area contributed by atoms with Gasteiger partial charge in [-0.05, 0) is 57.0 Å². The summed E-state index contributed by atoms with van der Waals surface area (Å²) in [6.45, 7) is 1.23. The van der Waals surface area contributed by atoms with Crippen LogP contribution in [0.2, 0.25) is 0 Å². The van der Waals surface area contributed by atoms with E-state index in [-0.39, 0.29) is 0 Å². The van der Waals surface area contributed by atoms with Crippen LogP contribution in [0.1, 0.15) is 32.1 Å². The number of nitrogens with one attached hydrogen (secondary N) is 1. The molecule has 2 aliphatic rings. The number of fused-ring (bicyclic) bond motifs is 2. The van der Waals surface area contributed by atoms with Crippen molar-refractivity contribution in [1.82, 2.24) is 5.32 Å². The van der Waals surface area contributed by atoms with Crippen molar-refractivity contribution in [2.75, 3.05) is 13.6 Å². The van der Waals surface area contributed by atoms with Crippen LogP contribution in [0.25, 0.3) is 0 Å². The van der Waals surface area contributed by atoms with Gasteiger partial charge in [0.1, 0.15) is 0 Å². The second kappa shape index (κ2) is 3.14. The van der Waals surface area contributed by atoms with Gasteiger partial charge in [-0.25, -0.2) is 0 Å². The Balaban J connectivity index is 1.78. The van der Waals surface area contributed by atoms with Crippen molar-refractivity contribution in [3.8, 4) is 0 Å². The zero-order valence-corrected chi connectivity index (χ0v) is 7.47. The number of hydrogen-bond acceptors (Lipinski definition) is 1. The molecule has 0 heterocycles. The molecule has 2 rings (SSSR count). The standard InChI is InChI=1S/C10H19N/c1-11-5-4-10-7-8-2-3-9(10)6-8/h8-11H,2-7H2,1H3. The normalized spacial score (nSPS) is 41.7. The Bertz CT molecular complexity index is 133. The molecular weight excluding hydrogens is 134 g/mol. The summed E-state index contributed by atoms with van der Waals surface area (Å²) in [4.78, 5) is 0. The van der Waals surface area contributed by atoms with Crippen LogP contribution in [-0.2, 0) is 0 Å². The molecule has 0 saturated heterocycles. The van der Waals surface area contributed by atoms with Crippen molar-refractivity contribution in [3.63, 3.8) is 0 Å². The molecule has 0 aromatic carbocycles. The van der Waals surface area contributed by atoms with E-state index in [1.165, 1.54) is 13.0 Å². The SMILES string of the molecule is CNCCC1CC2CCC1C2. The average molecular weight is 153 g/mol. The Labute approximate surface area is 69.6 Å². The van der Waals surface area contributed by atoms with Crippen molar-refractivity contribution < 1.29 is 0 Å². The predicted molar refractivity (Wildman–Crippen MR) is 47.5 cm³/mol. The first kappa shape index (κ1) is 7.60. The maximum absolute atomic E-state index is 3.25. The summed E-state index contributed by atoms with van der Waals surface area (Å²) in [6.07, 6.45) is 7.62. The molecule has 0 aromatic rings. The average Bonchev–Trinajstić information content (AvgIpc) is 2.60. The van der Waals surface area contributed by atoms with Gasteiger partial charge in [-0.15, -0.1) is 0 Å². The van der Waals surface area contributed by atoms with Gasteiger partial charge in [0.15, 0.2) is 0 Å². The molecule has 2 fully saturated rings. The minimum absolute atomic E-state index is 1.08. The Hall–Kier alpha value is -0.0400. The summed E-state index contributed by atoms with van der Waals surface area (Å²) in [7, 11) is 2.06. The van der Waals surface area contributed by atoms with Crippen LogP contribution < -0.4 is 5.32 Å². The van der Waals surface area contributed by atoms with Crippen LogP contribution in [0, 0.1) is 17.8 Å². The molecule has 2 aliphatic carbocycles. The third-order valence-corrected chi connectivity index (χ3v) is 3.65. The van der Waals surface area contributed by atoms with Crippen molar-refractivity contribution >= 4 is 0 Å². The maximum Gasteiger partial charge on any atom is -0.00492 e. The highest BCUT2D eigenvalue weighted by Crippen LogP contribution is 2.49. The van der Waals surface area contributed by atoms with Gasteiger partial charge in [0.05, 0.1) is 0 Å². The maximum atomic E-state index is 3.25. The fourth-order valence-corrected chi connectivity index (χ4v) is 3.06. The fourth-order valence-electron chi connectivity index (χ4n) is 3.06. The van der Waals surface area contributed by atoms with Gasteiger partial charge in [0.25, 0.3) is 0 Å². The lowest BCUT2D eigenvalue weighted by atomic mass is 9.86. The molecule has 0 spiro atoms. The third kappa shape index (κ3) is 1.44. The highest BCUT2D eigenvalue weighted by Gasteiger charge is 2.38. The van der Waals surface area contributed by atoms with Crippen molar-refractivity contribution in [3.05, 3.63) is 0 Å². The van der Waals surface area contributed by atoms with E-state index in [0.717, 1.165) is 17.8 Å². The van der Waals surface area contributed by atoms with Gasteiger partial charge in [0, 0.05) is 0 Å². The Morgan fingerprint density at radius 1 is 1.27 bits per heavy atom. The molecule has 0 aromatic heterocycles. The van der Waals surface area contributed by atoms with E-state index in [1.807, 2.05) is 0 Å². The van der Waals surface area contributed by atoms with Gasteiger partial charge in [0.2, 0.25) is 0 Å². The number of rotatable bonds is 3. The van der Waals surface area contributed by atoms with Gasteiger partial charge in [-0.2, -0.15) is 0 Å². The summed E-state index contributed by atoms with van der Waals surface area (Å²) in [5.41, 5.74) is 0. The monoisotopic (exact) mass is 153 g/mol. The van der Waals surface area contributed by atoms with E-state index < -0.39 is 0 Å². The van der Waals surface area contributed by atoms with E-state index in [9.17, 15) is 0 Å². The first-order valence-corrected chi connectivity index (χ1v) is 5.04. The van der Waals surface area contributed by atoms with Gasteiger partial charge >= 0.3 is 0 Å². The van der Waals surface area contributed by atoms with E-state index >= 15 is 0 Å². The quantitative estimate of drug-likeness (QED) is 0.654. The second-order valence-corrected chi connectivity index (χ2v) is 4.33. The van der Waals surface area contributed by atoms with Crippen LogP contribution in [0.5, 0.6) is 0 Å². The molecule has 1 N–H and O–H groups in total. The van der Waals surface area contributed by atoms with Gasteiger partial charge in [-0.1, -0.05) is 6.42 Å². The lowest BCUT2D eigenvalue weighted by molar-refractivity contribution is 0.313. The van der Waals surface area contributed by atoms with Crippen molar-refractivity contribution in [2.24, 2.45) is 17.8 Å². The lowest BCUT2D eigenvalue weighted by Crippen LogP contribution is -2.17. The molecule has 0 aliphatic heterocycles. The van der Waals surface area contributed by atoms with E-state index in [2.05, 4.69) is 12.4 Å². The lowest BCUT2D eigenvalue weighted by Gasteiger charge is -2.20. The summed E-state index contributed by atoms with van der Waals surface area (Å²) >= 11 is 0. The smallest absolute Gasteiger partial charge is 0.00492 e. The highest BCUT2D eigenvalue weighted by atomic mass is 14.8. The Morgan fingerprint density at radius 2 is 2.18 bits per heavy atom. The molecule has 11 heavy (non-hydrogen) atoms. The zero-order valence-electron chi connectivity index (χ0n) is 7.47. The van der Waals surface area contributed by atoms with Crippen molar-refractivity contribution in [2.45, 2.75) is 32.1 Å². The van der Waals surface area contributed by atoms with Crippen molar-refractivity contribution in [1.29, 1.82) is 0 Å². The molecule has 0 radical (unpaired) electrons. The Kier molecular flexibility index (Phi) is 2.17. The summed E-state index contributed by atoms with van der Waals surface area (Å²) < 4.78 is 0. The predicted octanol–water partition coefficient (Wildman–Crippen LogP) is 2.03. The van der Waals surface area contributed by atoms with E-state index in [0.29, 0.717) is 0 Å². The molecule has 2 saturated carbocycles. The van der Waals surface area contributed by atoms with Crippen LogP contribution in [0.15, 0.2) is 0 Å². The summed E-state index contributed by atoms with van der Waals surface area (Å²) in [6, 6.07) is 0. The minimum Gasteiger partial charge on any atom is -0.320 e. The topological polar surface area (TPSA) is 12.0 Å². The molecule has 3 unspecified atom stereocenters. The van der Waals surface area contributed by atoms with Gasteiger partial charge < -0.3 is 5.32 Å². The zero-order chi connectivity index (χ0) is 7.68. The first-order valence-electron chi connectivity index (χ1n) is 5.04. The fraction of sp³-hybridized carbons (Fsp3) is 1.00. The molecular formula is C10H19N. The molecule has 3 atom stereocenters. The van der Waals surface area contributed by atoms with Crippen LogP contribution in [0.4, 0.5) is 0 Å². The minimum atomic E-state index is 1.08. The van der Waals surface area contributed by atoms with E-state index in [4.69, 9.17) is 0 Å². The van der Waals surface area contributed by atoms with Crippen LogP contribution in [0.3, 0.4) is 0 Å². The summed E-state index contributed by atoms with van der Waals surface area (Å²) in [5, 5.41) is 3.25.